The fraction of sp³-hybridized carbons (Fsp3) is 0.385. The Balaban J connectivity index is 1.75. The normalized spacial score (nSPS) is 15.8. The van der Waals surface area contributed by atoms with Gasteiger partial charge in [0.2, 0.25) is 0 Å². The molecule has 0 saturated carbocycles. The van der Waals surface area contributed by atoms with E-state index in [9.17, 15) is 0 Å². The van der Waals surface area contributed by atoms with E-state index in [1.54, 1.807) is 12.3 Å². The maximum absolute atomic E-state index is 8.85. The van der Waals surface area contributed by atoms with Crippen LogP contribution in [0.3, 0.4) is 0 Å². The number of aromatic nitrogens is 4. The summed E-state index contributed by atoms with van der Waals surface area (Å²) in [7, 11) is 0. The molecular weight excluding hydrogens is 268 g/mol. The Morgan fingerprint density at radius 1 is 1.33 bits per heavy atom. The van der Waals surface area contributed by atoms with E-state index in [1.165, 1.54) is 11.0 Å². The first-order chi connectivity index (χ1) is 10.3. The summed E-state index contributed by atoms with van der Waals surface area (Å²) in [5.74, 6) is 0.512. The molecule has 8 nitrogen and oxygen atoms in total. The highest BCUT2D eigenvalue weighted by molar-refractivity contribution is 5.55. The van der Waals surface area contributed by atoms with Crippen molar-refractivity contribution in [3.63, 3.8) is 0 Å². The van der Waals surface area contributed by atoms with Crippen LogP contribution in [0.5, 0.6) is 0 Å². The molecule has 0 spiro atoms. The topological polar surface area (TPSA) is 109 Å². The van der Waals surface area contributed by atoms with Crippen LogP contribution in [0.2, 0.25) is 0 Å². The zero-order chi connectivity index (χ0) is 14.7. The van der Waals surface area contributed by atoms with Crippen molar-refractivity contribution in [2.75, 3.05) is 31.9 Å². The first-order valence-corrected chi connectivity index (χ1v) is 6.76. The lowest BCUT2D eigenvalue weighted by atomic mass is 10.2. The summed E-state index contributed by atoms with van der Waals surface area (Å²) >= 11 is 0. The van der Waals surface area contributed by atoms with Crippen LogP contribution in [-0.2, 0) is 6.54 Å². The molecule has 0 aromatic carbocycles. The van der Waals surface area contributed by atoms with E-state index >= 15 is 0 Å². The molecule has 3 rings (SSSR count). The fourth-order valence-corrected chi connectivity index (χ4v) is 2.24. The minimum Gasteiger partial charge on any atom is -0.397 e. The van der Waals surface area contributed by atoms with Gasteiger partial charge < -0.3 is 11.1 Å². The average Bonchev–Trinajstić information content (AvgIpc) is 2.97. The van der Waals surface area contributed by atoms with Gasteiger partial charge in [-0.1, -0.05) is 0 Å². The fourth-order valence-electron chi connectivity index (χ4n) is 2.24. The summed E-state index contributed by atoms with van der Waals surface area (Å²) in [4.78, 5) is 7.92. The zero-order valence-corrected chi connectivity index (χ0v) is 11.5. The van der Waals surface area contributed by atoms with Crippen LogP contribution < -0.4 is 11.1 Å². The van der Waals surface area contributed by atoms with Crippen molar-refractivity contribution in [3.05, 3.63) is 29.7 Å². The Labute approximate surface area is 122 Å². The van der Waals surface area contributed by atoms with Crippen LogP contribution in [0.4, 0.5) is 5.69 Å². The van der Waals surface area contributed by atoms with Crippen molar-refractivity contribution in [2.45, 2.75) is 6.54 Å². The molecular formula is C13H16N8. The van der Waals surface area contributed by atoms with Crippen molar-refractivity contribution in [2.24, 2.45) is 0 Å². The summed E-state index contributed by atoms with van der Waals surface area (Å²) in [6.45, 7) is 4.79. The number of hydrogen-bond acceptors (Lipinski definition) is 7. The van der Waals surface area contributed by atoms with E-state index in [0.29, 0.717) is 17.1 Å². The van der Waals surface area contributed by atoms with Gasteiger partial charge in [-0.2, -0.15) is 15.5 Å². The van der Waals surface area contributed by atoms with E-state index in [1.807, 2.05) is 6.07 Å². The quantitative estimate of drug-likeness (QED) is 0.783. The molecule has 0 radical (unpaired) electrons. The molecule has 0 unspecified atom stereocenters. The molecule has 0 aliphatic carbocycles. The molecule has 1 aliphatic rings. The number of hydrogen-bond donors (Lipinski definition) is 2. The van der Waals surface area contributed by atoms with Gasteiger partial charge in [0.1, 0.15) is 6.07 Å². The smallest absolute Gasteiger partial charge is 0.176 e. The number of nitrogens with zero attached hydrogens (tertiary/aromatic N) is 6. The standard InChI is InChI=1S/C13H16N8/c14-6-10-7-17-13(5-12(10)15)21-18-8-11(19-21)9-20-3-1-16-2-4-20/h5,7-8,16H,1-4,9H2,(H2,15,17). The molecule has 3 heterocycles. The van der Waals surface area contributed by atoms with E-state index in [2.05, 4.69) is 25.4 Å². The van der Waals surface area contributed by atoms with Gasteiger partial charge in [0, 0.05) is 45.0 Å². The van der Waals surface area contributed by atoms with Gasteiger partial charge in [0.15, 0.2) is 5.82 Å². The van der Waals surface area contributed by atoms with Gasteiger partial charge >= 0.3 is 0 Å². The van der Waals surface area contributed by atoms with Crippen LogP contribution in [0.25, 0.3) is 5.82 Å². The van der Waals surface area contributed by atoms with Gasteiger partial charge in [-0.25, -0.2) is 4.98 Å². The Morgan fingerprint density at radius 3 is 2.86 bits per heavy atom. The molecule has 21 heavy (non-hydrogen) atoms. The maximum atomic E-state index is 8.85. The lowest BCUT2D eigenvalue weighted by Crippen LogP contribution is -2.42. The first kappa shape index (κ1) is 13.5. The molecule has 0 bridgehead atoms. The lowest BCUT2D eigenvalue weighted by Gasteiger charge is -2.25. The zero-order valence-electron chi connectivity index (χ0n) is 11.5. The van der Waals surface area contributed by atoms with Crippen LogP contribution >= 0.6 is 0 Å². The maximum Gasteiger partial charge on any atom is 0.176 e. The summed E-state index contributed by atoms with van der Waals surface area (Å²) in [5, 5.41) is 20.8. The highest BCUT2D eigenvalue weighted by Crippen LogP contribution is 2.13. The van der Waals surface area contributed by atoms with Crippen molar-refractivity contribution in [1.29, 1.82) is 5.26 Å². The minimum absolute atomic E-state index is 0.354. The van der Waals surface area contributed by atoms with Gasteiger partial charge in [-0.05, 0) is 0 Å². The van der Waals surface area contributed by atoms with Gasteiger partial charge in [-0.3, -0.25) is 4.90 Å². The number of nitrogens with one attached hydrogen (secondary N) is 1. The predicted octanol–water partition coefficient (Wildman–Crippen LogP) is -0.479. The second-order valence-corrected chi connectivity index (χ2v) is 4.89. The van der Waals surface area contributed by atoms with Crippen molar-refractivity contribution < 1.29 is 0 Å². The molecule has 0 amide bonds. The third kappa shape index (κ3) is 2.99. The largest absolute Gasteiger partial charge is 0.397 e. The minimum atomic E-state index is 0.354. The molecule has 3 N–H and O–H groups in total. The van der Waals surface area contributed by atoms with Crippen molar-refractivity contribution >= 4 is 5.69 Å². The van der Waals surface area contributed by atoms with E-state index in [4.69, 9.17) is 11.0 Å². The predicted molar refractivity (Wildman–Crippen MR) is 76.4 cm³/mol. The number of rotatable bonds is 3. The Bertz CT molecular complexity index is 665. The number of piperazine rings is 1. The van der Waals surface area contributed by atoms with E-state index in [0.717, 1.165) is 38.4 Å². The molecule has 1 fully saturated rings. The summed E-state index contributed by atoms with van der Waals surface area (Å²) < 4.78 is 0. The first-order valence-electron chi connectivity index (χ1n) is 6.76. The van der Waals surface area contributed by atoms with Gasteiger partial charge in [-0.15, -0.1) is 4.80 Å². The molecule has 0 atom stereocenters. The van der Waals surface area contributed by atoms with E-state index < -0.39 is 0 Å². The molecule has 8 heteroatoms. The number of pyridine rings is 1. The van der Waals surface area contributed by atoms with Crippen LogP contribution in [0.15, 0.2) is 18.5 Å². The van der Waals surface area contributed by atoms with E-state index in [-0.39, 0.29) is 0 Å². The number of nitriles is 1. The molecule has 2 aromatic rings. The second-order valence-electron chi connectivity index (χ2n) is 4.89. The molecule has 108 valence electrons. The highest BCUT2D eigenvalue weighted by atomic mass is 15.5. The Hall–Kier alpha value is -2.50. The van der Waals surface area contributed by atoms with Crippen LogP contribution in [-0.4, -0.2) is 51.1 Å². The lowest BCUT2D eigenvalue weighted by molar-refractivity contribution is 0.230. The average molecular weight is 284 g/mol. The molecule has 1 aliphatic heterocycles. The Morgan fingerprint density at radius 2 is 2.14 bits per heavy atom. The third-order valence-corrected chi connectivity index (χ3v) is 3.38. The summed E-state index contributed by atoms with van der Waals surface area (Å²) in [6, 6.07) is 3.59. The molecule has 2 aromatic heterocycles. The van der Waals surface area contributed by atoms with Crippen LogP contribution in [0.1, 0.15) is 11.3 Å². The van der Waals surface area contributed by atoms with Crippen LogP contribution in [0, 0.1) is 11.3 Å². The highest BCUT2D eigenvalue weighted by Gasteiger charge is 2.13. The third-order valence-electron chi connectivity index (χ3n) is 3.38. The Kier molecular flexibility index (Phi) is 3.77. The number of nitrogen functional groups attached to an aromatic ring is 1. The number of anilines is 1. The summed E-state index contributed by atoms with van der Waals surface area (Å²) in [5.41, 5.74) is 7.40. The summed E-state index contributed by atoms with van der Waals surface area (Å²) in [6.07, 6.45) is 3.17. The van der Waals surface area contributed by atoms with Crippen molar-refractivity contribution in [1.82, 2.24) is 30.2 Å². The van der Waals surface area contributed by atoms with Crippen molar-refractivity contribution in [3.8, 4) is 11.9 Å². The van der Waals surface area contributed by atoms with Gasteiger partial charge in [0.25, 0.3) is 0 Å². The number of nitrogens with two attached hydrogens (primary N) is 1. The monoisotopic (exact) mass is 284 g/mol. The second kappa shape index (κ2) is 5.87. The SMILES string of the molecule is N#Cc1cnc(-n2ncc(CN3CCNCC3)n2)cc1N. The molecule has 1 saturated heterocycles. The van der Waals surface area contributed by atoms with Gasteiger partial charge in [0.05, 0.1) is 23.1 Å².